The monoisotopic (exact) mass is 279 g/mol. The summed E-state index contributed by atoms with van der Waals surface area (Å²) < 4.78 is 5.35. The van der Waals surface area contributed by atoms with Crippen molar-refractivity contribution in [3.8, 4) is 0 Å². The van der Waals surface area contributed by atoms with Crippen LogP contribution in [0.15, 0.2) is 9.90 Å². The predicted octanol–water partition coefficient (Wildman–Crippen LogP) is 2.44. The standard InChI is InChI=1S/C13H17N3O2S/c1-8-7-19-12(14-8)6-11-15-13(18-16-11)9-2-4-10(17)5-3-9/h7,9-10,17H,2-6H2,1H3. The van der Waals surface area contributed by atoms with Crippen molar-refractivity contribution in [1.82, 2.24) is 15.1 Å². The first kappa shape index (κ1) is 12.7. The van der Waals surface area contributed by atoms with Crippen LogP contribution in [0, 0.1) is 6.92 Å². The molecule has 2 aromatic rings. The normalized spacial score (nSPS) is 23.7. The van der Waals surface area contributed by atoms with Crippen molar-refractivity contribution >= 4 is 11.3 Å². The number of aromatic nitrogens is 3. The number of aryl methyl sites for hydroxylation is 1. The minimum atomic E-state index is -0.156. The van der Waals surface area contributed by atoms with Gasteiger partial charge in [0.15, 0.2) is 5.82 Å². The molecule has 0 spiro atoms. The smallest absolute Gasteiger partial charge is 0.229 e. The lowest BCUT2D eigenvalue weighted by molar-refractivity contribution is 0.116. The first-order chi connectivity index (χ1) is 9.20. The molecule has 0 radical (unpaired) electrons. The van der Waals surface area contributed by atoms with E-state index in [-0.39, 0.29) is 6.10 Å². The molecule has 102 valence electrons. The fraction of sp³-hybridized carbons (Fsp3) is 0.615. The van der Waals surface area contributed by atoms with Crippen LogP contribution in [0.1, 0.15) is 54.0 Å². The molecule has 5 nitrogen and oxygen atoms in total. The van der Waals surface area contributed by atoms with Gasteiger partial charge in [-0.3, -0.25) is 0 Å². The Labute approximate surface area is 115 Å². The van der Waals surface area contributed by atoms with E-state index in [2.05, 4.69) is 15.1 Å². The summed E-state index contributed by atoms with van der Waals surface area (Å²) in [5.74, 6) is 1.73. The summed E-state index contributed by atoms with van der Waals surface area (Å²) in [5, 5.41) is 16.6. The highest BCUT2D eigenvalue weighted by molar-refractivity contribution is 7.09. The van der Waals surface area contributed by atoms with E-state index < -0.39 is 0 Å². The summed E-state index contributed by atoms with van der Waals surface area (Å²) >= 11 is 1.62. The molecule has 0 amide bonds. The van der Waals surface area contributed by atoms with E-state index in [1.807, 2.05) is 12.3 Å². The molecule has 1 saturated carbocycles. The molecule has 0 aliphatic heterocycles. The molecule has 1 aliphatic rings. The minimum absolute atomic E-state index is 0.156. The number of nitrogens with zero attached hydrogens (tertiary/aromatic N) is 3. The van der Waals surface area contributed by atoms with Crippen molar-refractivity contribution < 1.29 is 9.63 Å². The van der Waals surface area contributed by atoms with E-state index in [0.717, 1.165) is 42.3 Å². The summed E-state index contributed by atoms with van der Waals surface area (Å²) in [7, 11) is 0. The second-order valence-corrected chi connectivity index (χ2v) is 6.06. The van der Waals surface area contributed by atoms with Crippen molar-refractivity contribution in [2.75, 3.05) is 0 Å². The summed E-state index contributed by atoms with van der Waals surface area (Å²) in [6.45, 7) is 1.98. The summed E-state index contributed by atoms with van der Waals surface area (Å²) in [5.41, 5.74) is 1.03. The van der Waals surface area contributed by atoms with Crippen molar-refractivity contribution in [3.63, 3.8) is 0 Å². The molecule has 0 unspecified atom stereocenters. The minimum Gasteiger partial charge on any atom is -0.393 e. The Bertz CT molecular complexity index is 544. The van der Waals surface area contributed by atoms with Gasteiger partial charge in [-0.25, -0.2) is 4.98 Å². The van der Waals surface area contributed by atoms with Gasteiger partial charge >= 0.3 is 0 Å². The Kier molecular flexibility index (Phi) is 3.61. The van der Waals surface area contributed by atoms with E-state index in [4.69, 9.17) is 4.52 Å². The second-order valence-electron chi connectivity index (χ2n) is 5.11. The molecule has 1 fully saturated rings. The van der Waals surface area contributed by atoms with Gasteiger partial charge in [-0.2, -0.15) is 4.98 Å². The molecule has 19 heavy (non-hydrogen) atoms. The van der Waals surface area contributed by atoms with E-state index in [9.17, 15) is 5.11 Å². The molecular weight excluding hydrogens is 262 g/mol. The van der Waals surface area contributed by atoms with Gasteiger partial charge in [0.1, 0.15) is 5.01 Å². The largest absolute Gasteiger partial charge is 0.393 e. The van der Waals surface area contributed by atoms with Crippen molar-refractivity contribution in [2.24, 2.45) is 0 Å². The zero-order valence-electron chi connectivity index (χ0n) is 10.9. The van der Waals surface area contributed by atoms with Crippen LogP contribution in [-0.4, -0.2) is 26.3 Å². The second kappa shape index (κ2) is 5.38. The molecule has 0 bridgehead atoms. The van der Waals surface area contributed by atoms with Crippen LogP contribution in [0.5, 0.6) is 0 Å². The van der Waals surface area contributed by atoms with Gasteiger partial charge in [-0.1, -0.05) is 5.16 Å². The van der Waals surface area contributed by atoms with Crippen LogP contribution >= 0.6 is 11.3 Å². The van der Waals surface area contributed by atoms with Crippen LogP contribution in [0.3, 0.4) is 0 Å². The van der Waals surface area contributed by atoms with Crippen molar-refractivity contribution in [1.29, 1.82) is 0 Å². The molecule has 3 rings (SSSR count). The zero-order valence-corrected chi connectivity index (χ0v) is 11.7. The predicted molar refractivity (Wildman–Crippen MR) is 71.2 cm³/mol. The molecule has 0 aromatic carbocycles. The lowest BCUT2D eigenvalue weighted by atomic mass is 9.87. The average Bonchev–Trinajstić information content (AvgIpc) is 3.00. The number of aliphatic hydroxyl groups excluding tert-OH is 1. The highest BCUT2D eigenvalue weighted by Crippen LogP contribution is 2.31. The van der Waals surface area contributed by atoms with Gasteiger partial charge < -0.3 is 9.63 Å². The molecule has 6 heteroatoms. The van der Waals surface area contributed by atoms with Gasteiger partial charge in [0.2, 0.25) is 5.89 Å². The highest BCUT2D eigenvalue weighted by atomic mass is 32.1. The van der Waals surface area contributed by atoms with Gasteiger partial charge in [0, 0.05) is 17.0 Å². The maximum Gasteiger partial charge on any atom is 0.229 e. The van der Waals surface area contributed by atoms with Gasteiger partial charge in [0.25, 0.3) is 0 Å². The molecule has 2 aromatic heterocycles. The van der Waals surface area contributed by atoms with Crippen LogP contribution in [0.2, 0.25) is 0 Å². The summed E-state index contributed by atoms with van der Waals surface area (Å²) in [6, 6.07) is 0. The van der Waals surface area contributed by atoms with Gasteiger partial charge in [0.05, 0.1) is 12.5 Å². The number of thiazole rings is 1. The van der Waals surface area contributed by atoms with Crippen LogP contribution in [-0.2, 0) is 6.42 Å². The lowest BCUT2D eigenvalue weighted by Gasteiger charge is -2.22. The molecular formula is C13H17N3O2S. The van der Waals surface area contributed by atoms with E-state index in [1.165, 1.54) is 0 Å². The fourth-order valence-electron chi connectivity index (χ4n) is 2.45. The summed E-state index contributed by atoms with van der Waals surface area (Å²) in [4.78, 5) is 8.87. The quantitative estimate of drug-likeness (QED) is 0.934. The van der Waals surface area contributed by atoms with E-state index in [0.29, 0.717) is 18.2 Å². The zero-order chi connectivity index (χ0) is 13.2. The van der Waals surface area contributed by atoms with Crippen LogP contribution in [0.4, 0.5) is 0 Å². The Balaban J connectivity index is 1.66. The molecule has 0 atom stereocenters. The molecule has 2 heterocycles. The summed E-state index contributed by atoms with van der Waals surface area (Å²) in [6.07, 6.45) is 3.99. The van der Waals surface area contributed by atoms with Crippen molar-refractivity contribution in [2.45, 2.75) is 51.0 Å². The highest BCUT2D eigenvalue weighted by Gasteiger charge is 2.25. The van der Waals surface area contributed by atoms with Gasteiger partial charge in [-0.05, 0) is 32.6 Å². The van der Waals surface area contributed by atoms with E-state index in [1.54, 1.807) is 11.3 Å². The number of rotatable bonds is 3. The maximum atomic E-state index is 9.50. The van der Waals surface area contributed by atoms with E-state index >= 15 is 0 Å². The third-order valence-corrected chi connectivity index (χ3v) is 4.47. The van der Waals surface area contributed by atoms with Gasteiger partial charge in [-0.15, -0.1) is 11.3 Å². The number of aliphatic hydroxyl groups is 1. The average molecular weight is 279 g/mol. The topological polar surface area (TPSA) is 72.0 Å². The fourth-order valence-corrected chi connectivity index (χ4v) is 3.22. The van der Waals surface area contributed by atoms with Crippen molar-refractivity contribution in [3.05, 3.63) is 27.8 Å². The Morgan fingerprint density at radius 3 is 2.79 bits per heavy atom. The van der Waals surface area contributed by atoms with Crippen LogP contribution in [0.25, 0.3) is 0 Å². The maximum absolute atomic E-state index is 9.50. The Hall–Kier alpha value is -1.27. The molecule has 0 saturated heterocycles. The first-order valence-electron chi connectivity index (χ1n) is 6.62. The third kappa shape index (κ3) is 3.01. The molecule has 1 aliphatic carbocycles. The Morgan fingerprint density at radius 1 is 1.32 bits per heavy atom. The lowest BCUT2D eigenvalue weighted by Crippen LogP contribution is -2.17. The van der Waals surface area contributed by atoms with Crippen LogP contribution < -0.4 is 0 Å². The first-order valence-corrected chi connectivity index (χ1v) is 7.50. The molecule has 1 N–H and O–H groups in total. The Morgan fingerprint density at radius 2 is 2.11 bits per heavy atom. The third-order valence-electron chi connectivity index (χ3n) is 3.51. The number of hydrogen-bond acceptors (Lipinski definition) is 6. The SMILES string of the molecule is Cc1csc(Cc2noc(C3CCC(O)CC3)n2)n1. The number of hydrogen-bond donors (Lipinski definition) is 1.